The van der Waals surface area contributed by atoms with Gasteiger partial charge in [-0.1, -0.05) is 6.92 Å². The summed E-state index contributed by atoms with van der Waals surface area (Å²) >= 11 is 0. The Morgan fingerprint density at radius 2 is 2.06 bits per heavy atom. The maximum atomic E-state index is 11.8. The number of aromatic hydroxyl groups is 1. The maximum absolute atomic E-state index is 11.8. The lowest BCUT2D eigenvalue weighted by Gasteiger charge is -2.15. The van der Waals surface area contributed by atoms with Gasteiger partial charge in [0.05, 0.1) is 0 Å². The Labute approximate surface area is 95.5 Å². The van der Waals surface area contributed by atoms with Crippen molar-refractivity contribution in [1.82, 2.24) is 5.32 Å². The van der Waals surface area contributed by atoms with Gasteiger partial charge in [0.25, 0.3) is 5.91 Å². The number of phenolic OH excluding ortho intramolecular Hbond substituents is 1. The molecule has 0 aliphatic heterocycles. The molecule has 1 atom stereocenters. The van der Waals surface area contributed by atoms with Crippen LogP contribution in [0.4, 0.5) is 0 Å². The van der Waals surface area contributed by atoms with Crippen molar-refractivity contribution in [3.63, 3.8) is 0 Å². The molecule has 0 spiro atoms. The van der Waals surface area contributed by atoms with Gasteiger partial charge in [-0.15, -0.1) is 0 Å². The van der Waals surface area contributed by atoms with Crippen molar-refractivity contribution < 1.29 is 9.90 Å². The minimum absolute atomic E-state index is 0.117. The molecule has 4 N–H and O–H groups in total. The van der Waals surface area contributed by atoms with Crippen molar-refractivity contribution in [3.05, 3.63) is 29.8 Å². The van der Waals surface area contributed by atoms with Crippen LogP contribution in [0.3, 0.4) is 0 Å². The molecule has 0 saturated heterocycles. The highest BCUT2D eigenvalue weighted by atomic mass is 16.3. The number of rotatable bonds is 5. The van der Waals surface area contributed by atoms with E-state index in [1.165, 1.54) is 12.1 Å². The number of nitrogens with two attached hydrogens (primary N) is 1. The highest BCUT2D eigenvalue weighted by Crippen LogP contribution is 2.10. The zero-order valence-electron chi connectivity index (χ0n) is 9.44. The SMILES string of the molecule is CCC(CCN)NC(=O)c1ccc(O)cc1. The second-order valence-electron chi connectivity index (χ2n) is 3.70. The predicted molar refractivity (Wildman–Crippen MR) is 63.3 cm³/mol. The fourth-order valence-corrected chi connectivity index (χ4v) is 1.46. The first-order valence-corrected chi connectivity index (χ1v) is 5.47. The van der Waals surface area contributed by atoms with Crippen molar-refractivity contribution in [2.75, 3.05) is 6.54 Å². The number of hydrogen-bond acceptors (Lipinski definition) is 3. The standard InChI is InChI=1S/C12H18N2O2/c1-2-10(7-8-13)14-12(16)9-3-5-11(15)6-4-9/h3-6,10,15H,2,7-8,13H2,1H3,(H,14,16). The van der Waals surface area contributed by atoms with E-state index in [2.05, 4.69) is 5.32 Å². The lowest BCUT2D eigenvalue weighted by Crippen LogP contribution is -2.35. The molecule has 1 aromatic carbocycles. The first kappa shape index (κ1) is 12.5. The third kappa shape index (κ3) is 3.55. The topological polar surface area (TPSA) is 75.3 Å². The van der Waals surface area contributed by atoms with E-state index in [4.69, 9.17) is 10.8 Å². The zero-order valence-corrected chi connectivity index (χ0v) is 9.44. The largest absolute Gasteiger partial charge is 0.508 e. The first-order chi connectivity index (χ1) is 7.67. The van der Waals surface area contributed by atoms with Gasteiger partial charge in [-0.3, -0.25) is 4.79 Å². The fourth-order valence-electron chi connectivity index (χ4n) is 1.46. The van der Waals surface area contributed by atoms with Crippen LogP contribution in [0.15, 0.2) is 24.3 Å². The van der Waals surface area contributed by atoms with Gasteiger partial charge in [-0.2, -0.15) is 0 Å². The number of carbonyl (C=O) groups is 1. The van der Waals surface area contributed by atoms with Crippen molar-refractivity contribution >= 4 is 5.91 Å². The summed E-state index contributed by atoms with van der Waals surface area (Å²) < 4.78 is 0. The van der Waals surface area contributed by atoms with Crippen molar-refractivity contribution in [3.8, 4) is 5.75 Å². The van der Waals surface area contributed by atoms with Crippen LogP contribution in [0.25, 0.3) is 0 Å². The molecule has 1 aromatic rings. The summed E-state index contributed by atoms with van der Waals surface area (Å²) in [6, 6.07) is 6.31. The molecule has 4 nitrogen and oxygen atoms in total. The van der Waals surface area contributed by atoms with E-state index in [0.29, 0.717) is 12.1 Å². The minimum atomic E-state index is -0.125. The van der Waals surface area contributed by atoms with E-state index in [1.807, 2.05) is 6.92 Å². The summed E-state index contributed by atoms with van der Waals surface area (Å²) in [6.07, 6.45) is 1.64. The Bertz CT molecular complexity index is 335. The molecule has 1 unspecified atom stereocenters. The Kier molecular flexibility index (Phi) is 4.79. The molecule has 0 aromatic heterocycles. The van der Waals surface area contributed by atoms with E-state index < -0.39 is 0 Å². The van der Waals surface area contributed by atoms with Gasteiger partial charge in [0.1, 0.15) is 5.75 Å². The van der Waals surface area contributed by atoms with Crippen LogP contribution in [0.5, 0.6) is 5.75 Å². The minimum Gasteiger partial charge on any atom is -0.508 e. The van der Waals surface area contributed by atoms with E-state index in [-0.39, 0.29) is 17.7 Å². The Balaban J connectivity index is 2.60. The number of nitrogens with one attached hydrogen (secondary N) is 1. The van der Waals surface area contributed by atoms with E-state index in [9.17, 15) is 4.79 Å². The first-order valence-electron chi connectivity index (χ1n) is 5.47. The van der Waals surface area contributed by atoms with Gasteiger partial charge in [-0.05, 0) is 43.7 Å². The highest BCUT2D eigenvalue weighted by Gasteiger charge is 2.11. The molecular formula is C12H18N2O2. The summed E-state index contributed by atoms with van der Waals surface area (Å²) in [4.78, 5) is 11.8. The lowest BCUT2D eigenvalue weighted by atomic mass is 10.1. The van der Waals surface area contributed by atoms with Crippen LogP contribution in [-0.4, -0.2) is 23.6 Å². The summed E-state index contributed by atoms with van der Waals surface area (Å²) in [5, 5.41) is 12.0. The monoisotopic (exact) mass is 222 g/mol. The molecule has 0 bridgehead atoms. The van der Waals surface area contributed by atoms with Crippen molar-refractivity contribution in [2.45, 2.75) is 25.8 Å². The van der Waals surface area contributed by atoms with E-state index >= 15 is 0 Å². The summed E-state index contributed by atoms with van der Waals surface area (Å²) in [7, 11) is 0. The molecule has 0 aliphatic carbocycles. The van der Waals surface area contributed by atoms with E-state index in [1.54, 1.807) is 12.1 Å². The van der Waals surface area contributed by atoms with Crippen LogP contribution in [-0.2, 0) is 0 Å². The third-order valence-electron chi connectivity index (χ3n) is 2.47. The van der Waals surface area contributed by atoms with Crippen LogP contribution < -0.4 is 11.1 Å². The lowest BCUT2D eigenvalue weighted by molar-refractivity contribution is 0.0934. The van der Waals surface area contributed by atoms with Gasteiger partial charge < -0.3 is 16.2 Å². The van der Waals surface area contributed by atoms with Crippen LogP contribution in [0, 0.1) is 0 Å². The molecule has 88 valence electrons. The van der Waals surface area contributed by atoms with Crippen LogP contribution >= 0.6 is 0 Å². The van der Waals surface area contributed by atoms with Gasteiger partial charge in [-0.25, -0.2) is 0 Å². The molecule has 1 rings (SSSR count). The number of hydrogen-bond donors (Lipinski definition) is 3. The summed E-state index contributed by atoms with van der Waals surface area (Å²) in [5.74, 6) is 0.0332. The van der Waals surface area contributed by atoms with Gasteiger partial charge in [0, 0.05) is 11.6 Å². The third-order valence-corrected chi connectivity index (χ3v) is 2.47. The van der Waals surface area contributed by atoms with E-state index in [0.717, 1.165) is 12.8 Å². The molecule has 0 saturated carbocycles. The van der Waals surface area contributed by atoms with Crippen molar-refractivity contribution in [2.24, 2.45) is 5.73 Å². The quantitative estimate of drug-likeness (QED) is 0.701. The highest BCUT2D eigenvalue weighted by molar-refractivity contribution is 5.94. The molecule has 1 amide bonds. The maximum Gasteiger partial charge on any atom is 0.251 e. The Morgan fingerprint density at radius 3 is 2.56 bits per heavy atom. The Morgan fingerprint density at radius 1 is 1.44 bits per heavy atom. The smallest absolute Gasteiger partial charge is 0.251 e. The van der Waals surface area contributed by atoms with Gasteiger partial charge >= 0.3 is 0 Å². The summed E-state index contributed by atoms with van der Waals surface area (Å²) in [5.41, 5.74) is 6.00. The molecule has 4 heteroatoms. The number of amides is 1. The Hall–Kier alpha value is -1.55. The summed E-state index contributed by atoms with van der Waals surface area (Å²) in [6.45, 7) is 2.58. The van der Waals surface area contributed by atoms with Crippen LogP contribution in [0.2, 0.25) is 0 Å². The number of phenols is 1. The molecule has 0 aliphatic rings. The van der Waals surface area contributed by atoms with Gasteiger partial charge in [0.2, 0.25) is 0 Å². The fraction of sp³-hybridized carbons (Fsp3) is 0.417. The van der Waals surface area contributed by atoms with Gasteiger partial charge in [0.15, 0.2) is 0 Å². The average Bonchev–Trinajstić information content (AvgIpc) is 2.29. The molecule has 0 radical (unpaired) electrons. The molecule has 0 fully saturated rings. The van der Waals surface area contributed by atoms with Crippen molar-refractivity contribution in [1.29, 1.82) is 0 Å². The second kappa shape index (κ2) is 6.12. The predicted octanol–water partition coefficient (Wildman–Crippen LogP) is 1.25. The second-order valence-corrected chi connectivity index (χ2v) is 3.70. The molecular weight excluding hydrogens is 204 g/mol. The number of carbonyl (C=O) groups excluding carboxylic acids is 1. The van der Waals surface area contributed by atoms with Crippen LogP contribution in [0.1, 0.15) is 30.1 Å². The zero-order chi connectivity index (χ0) is 12.0. The normalized spacial score (nSPS) is 12.1. The number of benzene rings is 1. The molecule has 16 heavy (non-hydrogen) atoms. The molecule has 0 heterocycles. The average molecular weight is 222 g/mol.